The van der Waals surface area contributed by atoms with Crippen LogP contribution in [0.3, 0.4) is 0 Å². The molecule has 0 saturated heterocycles. The molecule has 0 saturated carbocycles. The van der Waals surface area contributed by atoms with E-state index in [0.717, 1.165) is 17.0 Å². The van der Waals surface area contributed by atoms with Gasteiger partial charge in [-0.25, -0.2) is 0 Å². The van der Waals surface area contributed by atoms with Crippen LogP contribution in [0.25, 0.3) is 0 Å². The summed E-state index contributed by atoms with van der Waals surface area (Å²) < 4.78 is 11.5. The van der Waals surface area contributed by atoms with Gasteiger partial charge in [0.05, 0.1) is 0 Å². The number of fused-ring (bicyclic) bond motifs is 1. The van der Waals surface area contributed by atoms with Gasteiger partial charge in [-0.1, -0.05) is 42.1 Å². The van der Waals surface area contributed by atoms with Crippen LogP contribution in [0, 0.1) is 0 Å². The topological polar surface area (TPSA) is 18.5 Å². The Balaban J connectivity index is 1.68. The number of benzene rings is 2. The van der Waals surface area contributed by atoms with E-state index < -0.39 is 0 Å². The number of hydrogen-bond acceptors (Lipinski definition) is 3. The summed E-state index contributed by atoms with van der Waals surface area (Å²) in [6, 6.07) is 18.0. The zero-order valence-electron chi connectivity index (χ0n) is 10.6. The Morgan fingerprint density at radius 2 is 1.53 bits per heavy atom. The van der Waals surface area contributed by atoms with Gasteiger partial charge in [0.25, 0.3) is 0 Å². The second-order valence-corrected chi connectivity index (χ2v) is 5.25. The lowest BCUT2D eigenvalue weighted by Crippen LogP contribution is -2.26. The molecule has 1 aliphatic heterocycles. The van der Waals surface area contributed by atoms with E-state index in [1.807, 2.05) is 49.4 Å². The molecule has 2 aromatic carbocycles. The average Bonchev–Trinajstić information content (AvgIpc) is 2.90. The van der Waals surface area contributed by atoms with Crippen molar-refractivity contribution >= 4 is 18.9 Å². The van der Waals surface area contributed by atoms with E-state index in [4.69, 9.17) is 9.31 Å². The number of allylic oxidation sites excluding steroid dienone is 1. The van der Waals surface area contributed by atoms with Crippen LogP contribution in [0.1, 0.15) is 6.92 Å². The van der Waals surface area contributed by atoms with Crippen molar-refractivity contribution < 1.29 is 9.31 Å². The van der Waals surface area contributed by atoms with Crippen LogP contribution < -0.4 is 9.31 Å². The first kappa shape index (κ1) is 12.2. The van der Waals surface area contributed by atoms with E-state index in [0.29, 0.717) is 0 Å². The van der Waals surface area contributed by atoms with Crippen molar-refractivity contribution in [3.8, 4) is 11.5 Å². The molecule has 94 valence electrons. The second-order valence-electron chi connectivity index (χ2n) is 4.31. The molecule has 1 aliphatic rings. The summed E-state index contributed by atoms with van der Waals surface area (Å²) in [5, 5.41) is 2.08. The molecule has 0 spiro atoms. The molecule has 19 heavy (non-hydrogen) atoms. The predicted octanol–water partition coefficient (Wildman–Crippen LogP) is 4.18. The number of para-hydroxylation sites is 2. The molecule has 0 bridgehead atoms. The molecule has 0 amide bonds. The van der Waals surface area contributed by atoms with Crippen LogP contribution >= 0.6 is 11.8 Å². The van der Waals surface area contributed by atoms with Crippen LogP contribution in [-0.4, -0.2) is 7.12 Å². The lowest BCUT2D eigenvalue weighted by atomic mass is 9.81. The molecule has 2 nitrogen and oxygen atoms in total. The van der Waals surface area contributed by atoms with Crippen molar-refractivity contribution in [2.45, 2.75) is 11.8 Å². The fourth-order valence-corrected chi connectivity index (χ4v) is 2.55. The van der Waals surface area contributed by atoms with E-state index in [1.165, 1.54) is 4.90 Å². The summed E-state index contributed by atoms with van der Waals surface area (Å²) >= 11 is 1.67. The van der Waals surface area contributed by atoms with Crippen molar-refractivity contribution in [3.63, 3.8) is 0 Å². The van der Waals surface area contributed by atoms with Crippen LogP contribution in [0.5, 0.6) is 11.5 Å². The molecular weight excluding hydrogens is 255 g/mol. The van der Waals surface area contributed by atoms with Crippen molar-refractivity contribution in [1.29, 1.82) is 0 Å². The van der Waals surface area contributed by atoms with E-state index >= 15 is 0 Å². The van der Waals surface area contributed by atoms with Gasteiger partial charge in [-0.15, -0.1) is 0 Å². The standard InChI is InChI=1S/C15H13BO2S/c1-12(11-19-13-7-3-2-4-8-13)16-17-14-9-5-6-10-15(14)18-16/h2-11H,1H3/b12-11+. The molecule has 0 atom stereocenters. The third kappa shape index (κ3) is 2.79. The Kier molecular flexibility index (Phi) is 3.51. The lowest BCUT2D eigenvalue weighted by molar-refractivity contribution is 0.511. The molecule has 0 aromatic heterocycles. The number of hydrogen-bond donors (Lipinski definition) is 0. The Labute approximate surface area is 117 Å². The summed E-state index contributed by atoms with van der Waals surface area (Å²) in [4.78, 5) is 1.21. The van der Waals surface area contributed by atoms with Gasteiger partial charge in [0.1, 0.15) is 11.5 Å². The van der Waals surface area contributed by atoms with Crippen molar-refractivity contribution in [2.24, 2.45) is 0 Å². The largest absolute Gasteiger partial charge is 0.628 e. The Bertz CT molecular complexity index is 573. The average molecular weight is 268 g/mol. The van der Waals surface area contributed by atoms with E-state index in [1.54, 1.807) is 11.8 Å². The minimum atomic E-state index is -0.311. The minimum Gasteiger partial charge on any atom is -0.519 e. The van der Waals surface area contributed by atoms with Gasteiger partial charge in [0.15, 0.2) is 0 Å². The van der Waals surface area contributed by atoms with Gasteiger partial charge in [0.2, 0.25) is 0 Å². The van der Waals surface area contributed by atoms with Gasteiger partial charge in [0, 0.05) is 4.90 Å². The SMILES string of the molecule is C/C(=C\Sc1ccccc1)B1Oc2ccccc2O1. The van der Waals surface area contributed by atoms with Crippen molar-refractivity contribution in [1.82, 2.24) is 0 Å². The monoisotopic (exact) mass is 268 g/mol. The molecule has 0 aliphatic carbocycles. The summed E-state index contributed by atoms with van der Waals surface area (Å²) in [6.07, 6.45) is 0. The summed E-state index contributed by atoms with van der Waals surface area (Å²) in [7, 11) is -0.311. The highest BCUT2D eigenvalue weighted by atomic mass is 32.2. The van der Waals surface area contributed by atoms with E-state index in [-0.39, 0.29) is 7.12 Å². The highest BCUT2D eigenvalue weighted by Crippen LogP contribution is 2.34. The number of rotatable bonds is 3. The molecule has 3 rings (SSSR count). The quantitative estimate of drug-likeness (QED) is 0.614. The van der Waals surface area contributed by atoms with Crippen LogP contribution in [-0.2, 0) is 0 Å². The van der Waals surface area contributed by atoms with E-state index in [9.17, 15) is 0 Å². The maximum absolute atomic E-state index is 5.75. The zero-order valence-corrected chi connectivity index (χ0v) is 11.4. The van der Waals surface area contributed by atoms with Crippen LogP contribution in [0.2, 0.25) is 0 Å². The van der Waals surface area contributed by atoms with Crippen molar-refractivity contribution in [2.75, 3.05) is 0 Å². The Morgan fingerprint density at radius 3 is 2.16 bits per heavy atom. The van der Waals surface area contributed by atoms with Crippen LogP contribution in [0.15, 0.2) is 70.4 Å². The molecular formula is C15H13BO2S. The smallest absolute Gasteiger partial charge is 0.519 e. The molecule has 2 aromatic rings. The molecule has 0 fully saturated rings. The van der Waals surface area contributed by atoms with Crippen molar-refractivity contribution in [3.05, 3.63) is 65.5 Å². The van der Waals surface area contributed by atoms with Gasteiger partial charge in [-0.05, 0) is 42.1 Å². The first-order chi connectivity index (χ1) is 9.33. The van der Waals surface area contributed by atoms with Gasteiger partial charge in [-0.3, -0.25) is 0 Å². The normalized spacial score (nSPS) is 13.7. The fourth-order valence-electron chi connectivity index (χ4n) is 1.80. The summed E-state index contributed by atoms with van der Waals surface area (Å²) in [5.74, 6) is 1.62. The predicted molar refractivity (Wildman–Crippen MR) is 79.5 cm³/mol. The van der Waals surface area contributed by atoms with Gasteiger partial charge in [-0.2, -0.15) is 0 Å². The highest BCUT2D eigenvalue weighted by Gasteiger charge is 2.33. The minimum absolute atomic E-state index is 0.311. The third-order valence-corrected chi connectivity index (χ3v) is 3.85. The summed E-state index contributed by atoms with van der Waals surface area (Å²) in [6.45, 7) is 2.02. The van der Waals surface area contributed by atoms with E-state index in [2.05, 4.69) is 17.5 Å². The Hall–Kier alpha value is -1.81. The molecule has 4 heteroatoms. The summed E-state index contributed by atoms with van der Waals surface area (Å²) in [5.41, 5.74) is 1.06. The first-order valence-corrected chi connectivity index (χ1v) is 7.01. The van der Waals surface area contributed by atoms with Crippen LogP contribution in [0.4, 0.5) is 0 Å². The maximum Gasteiger partial charge on any atom is 0.628 e. The van der Waals surface area contributed by atoms with Gasteiger partial charge < -0.3 is 9.31 Å². The third-order valence-electron chi connectivity index (χ3n) is 2.81. The maximum atomic E-state index is 5.75. The lowest BCUT2D eigenvalue weighted by Gasteiger charge is -2.04. The zero-order chi connectivity index (χ0) is 13.1. The van der Waals surface area contributed by atoms with Gasteiger partial charge >= 0.3 is 7.12 Å². The first-order valence-electron chi connectivity index (χ1n) is 6.13. The molecule has 0 N–H and O–H groups in total. The molecule has 0 radical (unpaired) electrons. The highest BCUT2D eigenvalue weighted by molar-refractivity contribution is 8.02. The number of thioether (sulfide) groups is 1. The Morgan fingerprint density at radius 1 is 0.947 bits per heavy atom. The fraction of sp³-hybridized carbons (Fsp3) is 0.0667. The molecule has 0 unspecified atom stereocenters. The second kappa shape index (κ2) is 5.45. The molecule has 1 heterocycles.